The van der Waals surface area contributed by atoms with Gasteiger partial charge in [-0.25, -0.2) is 4.79 Å². The molecule has 0 aliphatic carbocycles. The number of halogens is 3. The van der Waals surface area contributed by atoms with Crippen LogP contribution in [0.25, 0.3) is 0 Å². The predicted octanol–water partition coefficient (Wildman–Crippen LogP) is 3.65. The van der Waals surface area contributed by atoms with E-state index < -0.39 is 24.3 Å². The highest BCUT2D eigenvalue weighted by Crippen LogP contribution is 2.31. The van der Waals surface area contributed by atoms with Crippen molar-refractivity contribution in [3.05, 3.63) is 54.1 Å². The van der Waals surface area contributed by atoms with Crippen molar-refractivity contribution in [2.75, 3.05) is 11.9 Å². The van der Waals surface area contributed by atoms with Gasteiger partial charge < -0.3 is 14.8 Å². The lowest BCUT2D eigenvalue weighted by Gasteiger charge is -2.10. The first-order valence-electron chi connectivity index (χ1n) is 7.12. The number of carbonyl (C=O) groups excluding carboxylic acids is 2. The summed E-state index contributed by atoms with van der Waals surface area (Å²) in [7, 11) is 0. The molecule has 0 heterocycles. The predicted molar refractivity (Wildman–Crippen MR) is 83.3 cm³/mol. The molecule has 1 N–H and O–H groups in total. The van der Waals surface area contributed by atoms with Gasteiger partial charge in [-0.15, -0.1) is 0 Å². The Kier molecular flexibility index (Phi) is 5.63. The molecule has 0 aromatic heterocycles. The number of hydrogen-bond acceptors (Lipinski definition) is 4. The molecule has 2 aromatic rings. The molecule has 0 bridgehead atoms. The Balaban J connectivity index is 1.89. The third kappa shape index (κ3) is 5.83. The minimum absolute atomic E-state index is 0.0900. The molecule has 0 spiro atoms. The summed E-state index contributed by atoms with van der Waals surface area (Å²) in [6, 6.07) is 10.2. The lowest BCUT2D eigenvalue weighted by Crippen LogP contribution is -2.18. The van der Waals surface area contributed by atoms with E-state index in [0.29, 0.717) is 5.69 Å². The Labute approximate surface area is 141 Å². The fourth-order valence-electron chi connectivity index (χ4n) is 1.87. The smallest absolute Gasteiger partial charge is 0.416 e. The highest BCUT2D eigenvalue weighted by Gasteiger charge is 2.30. The van der Waals surface area contributed by atoms with Crippen molar-refractivity contribution in [3.63, 3.8) is 0 Å². The molecule has 0 atom stereocenters. The van der Waals surface area contributed by atoms with Gasteiger partial charge in [-0.05, 0) is 42.5 Å². The summed E-state index contributed by atoms with van der Waals surface area (Å²) in [6.45, 7) is 0.813. The Morgan fingerprint density at radius 1 is 1.04 bits per heavy atom. The van der Waals surface area contributed by atoms with Crippen molar-refractivity contribution in [2.45, 2.75) is 13.1 Å². The van der Waals surface area contributed by atoms with Crippen LogP contribution in [0.3, 0.4) is 0 Å². The minimum Gasteiger partial charge on any atom is -0.482 e. The largest absolute Gasteiger partial charge is 0.482 e. The molecular weight excluding hydrogens is 339 g/mol. The Morgan fingerprint density at radius 2 is 1.72 bits per heavy atom. The normalized spacial score (nSPS) is 10.9. The first kappa shape index (κ1) is 18.3. The number of esters is 1. The van der Waals surface area contributed by atoms with Crippen LogP contribution in [0.5, 0.6) is 11.5 Å². The SMILES string of the molecule is CC(=O)Nc1ccc(OC(=O)COc2cccc(C(F)(F)F)c2)cc1. The van der Waals surface area contributed by atoms with Crippen LogP contribution in [0.15, 0.2) is 48.5 Å². The average molecular weight is 353 g/mol. The molecule has 2 rings (SSSR count). The van der Waals surface area contributed by atoms with Gasteiger partial charge in [0.05, 0.1) is 5.56 Å². The van der Waals surface area contributed by atoms with Crippen LogP contribution in [0.1, 0.15) is 12.5 Å². The van der Waals surface area contributed by atoms with Gasteiger partial charge in [-0.3, -0.25) is 4.79 Å². The fraction of sp³-hybridized carbons (Fsp3) is 0.176. The number of benzene rings is 2. The Morgan fingerprint density at radius 3 is 2.32 bits per heavy atom. The first-order chi connectivity index (χ1) is 11.7. The summed E-state index contributed by atoms with van der Waals surface area (Å²) < 4.78 is 47.8. The van der Waals surface area contributed by atoms with Gasteiger partial charge >= 0.3 is 12.1 Å². The summed E-state index contributed by atoms with van der Waals surface area (Å²) in [5.74, 6) is -0.886. The Bertz CT molecular complexity index is 757. The van der Waals surface area contributed by atoms with Crippen molar-refractivity contribution >= 4 is 17.6 Å². The molecule has 0 aliphatic rings. The van der Waals surface area contributed by atoms with E-state index in [1.165, 1.54) is 43.3 Å². The highest BCUT2D eigenvalue weighted by atomic mass is 19.4. The molecule has 0 aliphatic heterocycles. The summed E-state index contributed by atoms with van der Waals surface area (Å²) in [6.07, 6.45) is -4.49. The lowest BCUT2D eigenvalue weighted by atomic mass is 10.2. The van der Waals surface area contributed by atoms with E-state index in [2.05, 4.69) is 5.32 Å². The summed E-state index contributed by atoms with van der Waals surface area (Å²) in [5, 5.41) is 2.55. The molecule has 0 fully saturated rings. The zero-order valence-corrected chi connectivity index (χ0v) is 13.1. The van der Waals surface area contributed by atoms with Crippen molar-refractivity contribution < 1.29 is 32.2 Å². The molecular formula is C17H14F3NO4. The third-order valence-electron chi connectivity index (χ3n) is 2.92. The van der Waals surface area contributed by atoms with Gasteiger partial charge in [0.2, 0.25) is 5.91 Å². The van der Waals surface area contributed by atoms with Crippen LogP contribution in [0.2, 0.25) is 0 Å². The molecule has 0 saturated carbocycles. The van der Waals surface area contributed by atoms with E-state index >= 15 is 0 Å². The zero-order chi connectivity index (χ0) is 18.4. The second kappa shape index (κ2) is 7.69. The number of carbonyl (C=O) groups is 2. The number of nitrogens with one attached hydrogen (secondary N) is 1. The summed E-state index contributed by atoms with van der Waals surface area (Å²) >= 11 is 0. The van der Waals surface area contributed by atoms with Crippen LogP contribution >= 0.6 is 0 Å². The number of amides is 1. The van der Waals surface area contributed by atoms with Gasteiger partial charge in [0.15, 0.2) is 6.61 Å². The van der Waals surface area contributed by atoms with Crippen LogP contribution in [-0.4, -0.2) is 18.5 Å². The van der Waals surface area contributed by atoms with Gasteiger partial charge in [-0.1, -0.05) is 6.07 Å². The zero-order valence-electron chi connectivity index (χ0n) is 13.1. The molecule has 0 saturated heterocycles. The van der Waals surface area contributed by atoms with Crippen LogP contribution < -0.4 is 14.8 Å². The number of anilines is 1. The van der Waals surface area contributed by atoms with Crippen molar-refractivity contribution in [1.29, 1.82) is 0 Å². The van der Waals surface area contributed by atoms with Gasteiger partial charge in [0, 0.05) is 12.6 Å². The van der Waals surface area contributed by atoms with Gasteiger partial charge in [0.1, 0.15) is 11.5 Å². The van der Waals surface area contributed by atoms with E-state index in [1.807, 2.05) is 0 Å². The summed E-state index contributed by atoms with van der Waals surface area (Å²) in [5.41, 5.74) is -0.334. The van der Waals surface area contributed by atoms with Crippen molar-refractivity contribution in [3.8, 4) is 11.5 Å². The molecule has 5 nitrogen and oxygen atoms in total. The average Bonchev–Trinajstić information content (AvgIpc) is 2.54. The number of alkyl halides is 3. The number of ether oxygens (including phenoxy) is 2. The summed E-state index contributed by atoms with van der Waals surface area (Å²) in [4.78, 5) is 22.6. The fourth-order valence-corrected chi connectivity index (χ4v) is 1.87. The van der Waals surface area contributed by atoms with E-state index in [1.54, 1.807) is 0 Å². The maximum atomic E-state index is 12.6. The molecule has 0 unspecified atom stereocenters. The number of rotatable bonds is 5. The topological polar surface area (TPSA) is 64.6 Å². The monoisotopic (exact) mass is 353 g/mol. The van der Waals surface area contributed by atoms with Crippen LogP contribution in [0.4, 0.5) is 18.9 Å². The number of hydrogen-bond donors (Lipinski definition) is 1. The molecule has 2 aromatic carbocycles. The molecule has 1 amide bonds. The van der Waals surface area contributed by atoms with E-state index in [-0.39, 0.29) is 17.4 Å². The maximum Gasteiger partial charge on any atom is 0.416 e. The lowest BCUT2D eigenvalue weighted by molar-refractivity contribution is -0.137. The maximum absolute atomic E-state index is 12.6. The van der Waals surface area contributed by atoms with Gasteiger partial charge in [-0.2, -0.15) is 13.2 Å². The van der Waals surface area contributed by atoms with Crippen molar-refractivity contribution in [1.82, 2.24) is 0 Å². The molecule has 132 valence electrons. The molecule has 25 heavy (non-hydrogen) atoms. The van der Waals surface area contributed by atoms with Gasteiger partial charge in [0.25, 0.3) is 0 Å². The standard InChI is InChI=1S/C17H14F3NO4/c1-11(22)21-13-5-7-14(8-6-13)25-16(23)10-24-15-4-2-3-12(9-15)17(18,19)20/h2-9H,10H2,1H3,(H,21,22). The van der Waals surface area contributed by atoms with E-state index in [4.69, 9.17) is 9.47 Å². The molecule has 8 heteroatoms. The Hall–Kier alpha value is -3.03. The quantitative estimate of drug-likeness (QED) is 0.658. The van der Waals surface area contributed by atoms with Crippen molar-refractivity contribution in [2.24, 2.45) is 0 Å². The highest BCUT2D eigenvalue weighted by molar-refractivity contribution is 5.88. The van der Waals surface area contributed by atoms with E-state index in [9.17, 15) is 22.8 Å². The second-order valence-electron chi connectivity index (χ2n) is 4.99. The first-order valence-corrected chi connectivity index (χ1v) is 7.12. The molecule has 0 radical (unpaired) electrons. The third-order valence-corrected chi connectivity index (χ3v) is 2.92. The van der Waals surface area contributed by atoms with Crippen LogP contribution in [0, 0.1) is 0 Å². The van der Waals surface area contributed by atoms with E-state index in [0.717, 1.165) is 12.1 Å². The van der Waals surface area contributed by atoms with Crippen LogP contribution in [-0.2, 0) is 15.8 Å². The second-order valence-corrected chi connectivity index (χ2v) is 4.99. The minimum atomic E-state index is -4.49.